The predicted octanol–water partition coefficient (Wildman–Crippen LogP) is 2.19. The second kappa shape index (κ2) is 6.03. The van der Waals surface area contributed by atoms with E-state index < -0.39 is 6.04 Å². The van der Waals surface area contributed by atoms with Gasteiger partial charge in [-0.25, -0.2) is 4.79 Å². The molecule has 0 aromatic heterocycles. The number of benzene rings is 1. The van der Waals surface area contributed by atoms with Gasteiger partial charge in [0.25, 0.3) is 0 Å². The average Bonchev–Trinajstić information content (AvgIpc) is 2.71. The molecule has 1 aromatic rings. The van der Waals surface area contributed by atoms with E-state index in [1.165, 1.54) is 0 Å². The SMILES string of the molecule is COc1cccc(C2C(N)=NC(=O)N2CC(C)C)c1OC. The number of nitrogens with two attached hydrogens (primary N) is 1. The minimum atomic E-state index is -0.412. The van der Waals surface area contributed by atoms with Crippen LogP contribution in [-0.4, -0.2) is 37.5 Å². The molecule has 1 aliphatic heterocycles. The molecule has 2 N–H and O–H groups in total. The van der Waals surface area contributed by atoms with Crippen LogP contribution in [0.2, 0.25) is 0 Å². The highest BCUT2D eigenvalue weighted by Gasteiger charge is 2.37. The molecule has 114 valence electrons. The highest BCUT2D eigenvalue weighted by atomic mass is 16.5. The van der Waals surface area contributed by atoms with Crippen molar-refractivity contribution in [3.8, 4) is 11.5 Å². The average molecular weight is 291 g/mol. The van der Waals surface area contributed by atoms with Crippen molar-refractivity contribution in [2.45, 2.75) is 19.9 Å². The lowest BCUT2D eigenvalue weighted by molar-refractivity contribution is 0.197. The molecule has 0 spiro atoms. The van der Waals surface area contributed by atoms with Crippen LogP contribution in [0.25, 0.3) is 0 Å². The first-order valence-electron chi connectivity index (χ1n) is 6.85. The maximum absolute atomic E-state index is 12.0. The number of nitrogens with zero attached hydrogens (tertiary/aromatic N) is 2. The number of para-hydroxylation sites is 1. The van der Waals surface area contributed by atoms with E-state index in [0.29, 0.717) is 24.0 Å². The molecule has 1 aromatic carbocycles. The fourth-order valence-corrected chi connectivity index (χ4v) is 2.54. The fourth-order valence-electron chi connectivity index (χ4n) is 2.54. The molecule has 0 bridgehead atoms. The molecule has 1 aliphatic rings. The van der Waals surface area contributed by atoms with E-state index >= 15 is 0 Å². The Morgan fingerprint density at radius 1 is 1.33 bits per heavy atom. The third-order valence-corrected chi connectivity index (χ3v) is 3.35. The first kappa shape index (κ1) is 15.2. The van der Waals surface area contributed by atoms with Gasteiger partial charge < -0.3 is 20.1 Å². The molecule has 6 heteroatoms. The minimum Gasteiger partial charge on any atom is -0.493 e. The predicted molar refractivity (Wildman–Crippen MR) is 80.8 cm³/mol. The second-order valence-corrected chi connectivity index (χ2v) is 5.35. The van der Waals surface area contributed by atoms with Crippen LogP contribution >= 0.6 is 0 Å². The van der Waals surface area contributed by atoms with Gasteiger partial charge in [-0.1, -0.05) is 26.0 Å². The zero-order valence-electron chi connectivity index (χ0n) is 12.8. The number of aliphatic imine (C=N–C) groups is 1. The monoisotopic (exact) mass is 291 g/mol. The van der Waals surface area contributed by atoms with Gasteiger partial charge in [0.05, 0.1) is 14.2 Å². The topological polar surface area (TPSA) is 77.2 Å². The highest BCUT2D eigenvalue weighted by Crippen LogP contribution is 2.39. The Kier molecular flexibility index (Phi) is 4.35. The van der Waals surface area contributed by atoms with Crippen molar-refractivity contribution in [1.82, 2.24) is 4.90 Å². The molecule has 6 nitrogen and oxygen atoms in total. The highest BCUT2D eigenvalue weighted by molar-refractivity contribution is 6.03. The molecule has 0 radical (unpaired) electrons. The van der Waals surface area contributed by atoms with Crippen molar-refractivity contribution in [1.29, 1.82) is 0 Å². The molecule has 0 saturated carbocycles. The molecule has 0 saturated heterocycles. The van der Waals surface area contributed by atoms with Crippen molar-refractivity contribution >= 4 is 11.9 Å². The van der Waals surface area contributed by atoms with Crippen LogP contribution in [0.15, 0.2) is 23.2 Å². The van der Waals surface area contributed by atoms with Gasteiger partial charge in [0.1, 0.15) is 11.9 Å². The molecule has 2 rings (SSSR count). The number of carbonyl (C=O) groups is 1. The van der Waals surface area contributed by atoms with Gasteiger partial charge in [0.15, 0.2) is 11.5 Å². The molecule has 0 aliphatic carbocycles. The molecular formula is C15H21N3O3. The first-order chi connectivity index (χ1) is 9.99. The molecule has 0 fully saturated rings. The van der Waals surface area contributed by atoms with E-state index in [2.05, 4.69) is 4.99 Å². The largest absolute Gasteiger partial charge is 0.493 e. The maximum atomic E-state index is 12.0. The van der Waals surface area contributed by atoms with Gasteiger partial charge in [-0.05, 0) is 12.0 Å². The van der Waals surface area contributed by atoms with Gasteiger partial charge in [0.2, 0.25) is 0 Å². The number of carbonyl (C=O) groups excluding carboxylic acids is 1. The summed E-state index contributed by atoms with van der Waals surface area (Å²) in [6.07, 6.45) is 0. The van der Waals surface area contributed by atoms with Crippen molar-refractivity contribution in [2.75, 3.05) is 20.8 Å². The van der Waals surface area contributed by atoms with E-state index in [0.717, 1.165) is 5.56 Å². The van der Waals surface area contributed by atoms with Crippen LogP contribution in [0, 0.1) is 5.92 Å². The number of amides is 2. The van der Waals surface area contributed by atoms with Crippen molar-refractivity contribution in [3.63, 3.8) is 0 Å². The summed E-state index contributed by atoms with van der Waals surface area (Å²) < 4.78 is 10.7. The number of hydrogen-bond donors (Lipinski definition) is 1. The zero-order chi connectivity index (χ0) is 15.6. The Balaban J connectivity index is 2.48. The smallest absolute Gasteiger partial charge is 0.346 e. The van der Waals surface area contributed by atoms with E-state index in [9.17, 15) is 4.79 Å². The zero-order valence-corrected chi connectivity index (χ0v) is 12.8. The maximum Gasteiger partial charge on any atom is 0.346 e. The number of amidine groups is 1. The Hall–Kier alpha value is -2.24. The number of methoxy groups -OCH3 is 2. The Bertz CT molecular complexity index is 569. The Labute approximate surface area is 124 Å². The van der Waals surface area contributed by atoms with Gasteiger partial charge in [0, 0.05) is 12.1 Å². The lowest BCUT2D eigenvalue weighted by Crippen LogP contribution is -2.36. The third kappa shape index (κ3) is 2.79. The van der Waals surface area contributed by atoms with E-state index in [1.54, 1.807) is 25.2 Å². The van der Waals surface area contributed by atoms with Crippen LogP contribution in [0.5, 0.6) is 11.5 Å². The van der Waals surface area contributed by atoms with Crippen molar-refractivity contribution in [2.24, 2.45) is 16.6 Å². The minimum absolute atomic E-state index is 0.284. The summed E-state index contributed by atoms with van der Waals surface area (Å²) in [6, 6.07) is 4.81. The normalized spacial score (nSPS) is 18.1. The van der Waals surface area contributed by atoms with Crippen molar-refractivity contribution < 1.29 is 14.3 Å². The summed E-state index contributed by atoms with van der Waals surface area (Å²) in [5, 5.41) is 0. The summed E-state index contributed by atoms with van der Waals surface area (Å²) >= 11 is 0. The van der Waals surface area contributed by atoms with Crippen LogP contribution in [0.1, 0.15) is 25.5 Å². The van der Waals surface area contributed by atoms with Gasteiger partial charge in [-0.3, -0.25) is 0 Å². The number of urea groups is 1. The van der Waals surface area contributed by atoms with Crippen LogP contribution in [0.3, 0.4) is 0 Å². The molecule has 1 unspecified atom stereocenters. The van der Waals surface area contributed by atoms with Crippen LogP contribution in [-0.2, 0) is 0 Å². The van der Waals surface area contributed by atoms with Crippen LogP contribution in [0.4, 0.5) is 4.79 Å². The van der Waals surface area contributed by atoms with Gasteiger partial charge >= 0.3 is 6.03 Å². The fraction of sp³-hybridized carbons (Fsp3) is 0.467. The molecule has 2 amide bonds. The summed E-state index contributed by atoms with van der Waals surface area (Å²) in [5.41, 5.74) is 6.76. The first-order valence-corrected chi connectivity index (χ1v) is 6.85. The van der Waals surface area contributed by atoms with Gasteiger partial charge in [-0.2, -0.15) is 4.99 Å². The Morgan fingerprint density at radius 2 is 2.05 bits per heavy atom. The summed E-state index contributed by atoms with van der Waals surface area (Å²) in [7, 11) is 3.14. The lowest BCUT2D eigenvalue weighted by atomic mass is 10.0. The van der Waals surface area contributed by atoms with Crippen LogP contribution < -0.4 is 15.2 Å². The molecule has 1 heterocycles. The second-order valence-electron chi connectivity index (χ2n) is 5.35. The quantitative estimate of drug-likeness (QED) is 0.902. The van der Waals surface area contributed by atoms with E-state index in [1.807, 2.05) is 26.0 Å². The number of rotatable bonds is 5. The standard InChI is InChI=1S/C15H21N3O3/c1-9(2)8-18-12(14(16)17-15(18)19)10-6-5-7-11(20-3)13(10)21-4/h5-7,9,12H,8H2,1-4H3,(H2,16,17,19). The molecule has 21 heavy (non-hydrogen) atoms. The van der Waals surface area contributed by atoms with E-state index in [4.69, 9.17) is 15.2 Å². The third-order valence-electron chi connectivity index (χ3n) is 3.35. The summed E-state index contributed by atoms with van der Waals surface area (Å²) in [6.45, 7) is 4.66. The van der Waals surface area contributed by atoms with Crippen molar-refractivity contribution in [3.05, 3.63) is 23.8 Å². The van der Waals surface area contributed by atoms with Gasteiger partial charge in [-0.15, -0.1) is 0 Å². The number of hydrogen-bond acceptors (Lipinski definition) is 4. The summed E-state index contributed by atoms with van der Waals surface area (Å²) in [5.74, 6) is 1.78. The molecular weight excluding hydrogens is 270 g/mol. The Morgan fingerprint density at radius 3 is 2.62 bits per heavy atom. The molecule has 1 atom stereocenters. The number of ether oxygens (including phenoxy) is 2. The van der Waals surface area contributed by atoms with E-state index in [-0.39, 0.29) is 11.9 Å². The summed E-state index contributed by atoms with van der Waals surface area (Å²) in [4.78, 5) is 17.6. The lowest BCUT2D eigenvalue weighted by Gasteiger charge is -2.27.